The summed E-state index contributed by atoms with van der Waals surface area (Å²) in [5, 5.41) is 3.16. The first-order chi connectivity index (χ1) is 7.66. The standard InChI is InChI=1S/C13H15NO2/c1-9(2)8-11-14-12(13(15)16-11)10-6-4-3-5-7-10/h3-7,11-12,14H,1,8H2,2H3. The Balaban J connectivity index is 2.08. The van der Waals surface area contributed by atoms with Gasteiger partial charge in [-0.15, -0.1) is 0 Å². The van der Waals surface area contributed by atoms with Crippen LogP contribution in [0.1, 0.15) is 24.9 Å². The van der Waals surface area contributed by atoms with Crippen molar-refractivity contribution in [2.24, 2.45) is 0 Å². The van der Waals surface area contributed by atoms with Gasteiger partial charge in [-0.25, -0.2) is 4.79 Å². The molecule has 0 bridgehead atoms. The Morgan fingerprint density at radius 1 is 1.44 bits per heavy atom. The molecule has 0 saturated carbocycles. The fourth-order valence-electron chi connectivity index (χ4n) is 1.79. The number of benzene rings is 1. The van der Waals surface area contributed by atoms with Gasteiger partial charge < -0.3 is 4.74 Å². The first-order valence-corrected chi connectivity index (χ1v) is 5.32. The van der Waals surface area contributed by atoms with Crippen molar-refractivity contribution in [3.05, 3.63) is 48.0 Å². The van der Waals surface area contributed by atoms with Crippen molar-refractivity contribution < 1.29 is 9.53 Å². The van der Waals surface area contributed by atoms with Gasteiger partial charge in [0.1, 0.15) is 6.04 Å². The minimum absolute atomic E-state index is 0.211. The van der Waals surface area contributed by atoms with E-state index in [4.69, 9.17) is 4.74 Å². The minimum atomic E-state index is -0.342. The molecule has 1 saturated heterocycles. The summed E-state index contributed by atoms with van der Waals surface area (Å²) in [6.07, 6.45) is 0.421. The van der Waals surface area contributed by atoms with Crippen molar-refractivity contribution in [2.75, 3.05) is 0 Å². The fourth-order valence-corrected chi connectivity index (χ4v) is 1.79. The van der Waals surface area contributed by atoms with E-state index in [0.717, 1.165) is 11.1 Å². The lowest BCUT2D eigenvalue weighted by molar-refractivity contribution is -0.142. The molecule has 1 aromatic carbocycles. The molecule has 3 heteroatoms. The Morgan fingerprint density at radius 2 is 2.12 bits per heavy atom. The third-order valence-corrected chi connectivity index (χ3v) is 2.51. The molecule has 1 aliphatic heterocycles. The van der Waals surface area contributed by atoms with E-state index in [-0.39, 0.29) is 18.2 Å². The molecular weight excluding hydrogens is 202 g/mol. The summed E-state index contributed by atoms with van der Waals surface area (Å²) in [6.45, 7) is 5.73. The summed E-state index contributed by atoms with van der Waals surface area (Å²) in [5.74, 6) is -0.211. The zero-order valence-corrected chi connectivity index (χ0v) is 9.27. The van der Waals surface area contributed by atoms with E-state index >= 15 is 0 Å². The minimum Gasteiger partial charge on any atom is -0.445 e. The van der Waals surface area contributed by atoms with Crippen LogP contribution in [0.15, 0.2) is 42.5 Å². The average Bonchev–Trinajstić information content (AvgIpc) is 2.60. The smallest absolute Gasteiger partial charge is 0.329 e. The van der Waals surface area contributed by atoms with Gasteiger partial charge in [0.15, 0.2) is 6.23 Å². The molecule has 0 aromatic heterocycles. The Kier molecular flexibility index (Phi) is 3.06. The van der Waals surface area contributed by atoms with Crippen molar-refractivity contribution in [3.63, 3.8) is 0 Å². The summed E-state index contributed by atoms with van der Waals surface area (Å²) in [5.41, 5.74) is 1.94. The van der Waals surface area contributed by atoms with Crippen LogP contribution in [0, 0.1) is 0 Å². The van der Waals surface area contributed by atoms with E-state index in [2.05, 4.69) is 11.9 Å². The van der Waals surface area contributed by atoms with Crippen LogP contribution in [-0.2, 0) is 9.53 Å². The Bertz CT molecular complexity index is 400. The number of cyclic esters (lactones) is 1. The molecule has 1 N–H and O–H groups in total. The van der Waals surface area contributed by atoms with Crippen molar-refractivity contribution in [3.8, 4) is 0 Å². The molecule has 84 valence electrons. The van der Waals surface area contributed by atoms with Gasteiger partial charge in [0.2, 0.25) is 0 Å². The number of carbonyl (C=O) groups excluding carboxylic acids is 1. The van der Waals surface area contributed by atoms with E-state index in [0.29, 0.717) is 6.42 Å². The van der Waals surface area contributed by atoms with Crippen molar-refractivity contribution in [1.82, 2.24) is 5.32 Å². The number of carbonyl (C=O) groups is 1. The highest BCUT2D eigenvalue weighted by Crippen LogP contribution is 2.23. The zero-order valence-electron chi connectivity index (χ0n) is 9.27. The molecule has 0 spiro atoms. The Hall–Kier alpha value is -1.61. The fraction of sp³-hybridized carbons (Fsp3) is 0.308. The largest absolute Gasteiger partial charge is 0.445 e. The first kappa shape index (κ1) is 10.9. The van der Waals surface area contributed by atoms with Gasteiger partial charge in [-0.3, -0.25) is 5.32 Å². The molecule has 1 aromatic rings. The van der Waals surface area contributed by atoms with Gasteiger partial charge in [0.25, 0.3) is 0 Å². The highest BCUT2D eigenvalue weighted by molar-refractivity contribution is 5.79. The maximum atomic E-state index is 11.7. The van der Waals surface area contributed by atoms with Crippen LogP contribution in [0.3, 0.4) is 0 Å². The number of nitrogens with one attached hydrogen (secondary N) is 1. The van der Waals surface area contributed by atoms with Crippen LogP contribution in [0.25, 0.3) is 0 Å². The van der Waals surface area contributed by atoms with Crippen LogP contribution in [-0.4, -0.2) is 12.2 Å². The van der Waals surface area contributed by atoms with Gasteiger partial charge >= 0.3 is 5.97 Å². The van der Waals surface area contributed by atoms with Gasteiger partial charge in [0, 0.05) is 6.42 Å². The molecule has 2 atom stereocenters. The van der Waals surface area contributed by atoms with Gasteiger partial charge in [-0.2, -0.15) is 0 Å². The summed E-state index contributed by atoms with van der Waals surface area (Å²) in [7, 11) is 0. The Labute approximate surface area is 95.1 Å². The second-order valence-electron chi connectivity index (χ2n) is 4.10. The molecule has 0 aliphatic carbocycles. The molecule has 1 fully saturated rings. The number of ether oxygens (including phenoxy) is 1. The van der Waals surface area contributed by atoms with Gasteiger partial charge in [0.05, 0.1) is 0 Å². The summed E-state index contributed by atoms with van der Waals surface area (Å²) in [6, 6.07) is 9.25. The summed E-state index contributed by atoms with van der Waals surface area (Å²) < 4.78 is 5.23. The van der Waals surface area contributed by atoms with E-state index in [9.17, 15) is 4.79 Å². The van der Waals surface area contributed by atoms with E-state index < -0.39 is 0 Å². The monoisotopic (exact) mass is 217 g/mol. The van der Waals surface area contributed by atoms with Crippen molar-refractivity contribution >= 4 is 5.97 Å². The number of hydrogen-bond acceptors (Lipinski definition) is 3. The van der Waals surface area contributed by atoms with Crippen LogP contribution in [0.2, 0.25) is 0 Å². The molecular formula is C13H15NO2. The molecule has 2 unspecified atom stereocenters. The second-order valence-corrected chi connectivity index (χ2v) is 4.10. The second kappa shape index (κ2) is 4.49. The highest BCUT2D eigenvalue weighted by atomic mass is 16.6. The SMILES string of the molecule is C=C(C)CC1NC(c2ccccc2)C(=O)O1. The van der Waals surface area contributed by atoms with Crippen molar-refractivity contribution in [2.45, 2.75) is 25.6 Å². The molecule has 0 amide bonds. The van der Waals surface area contributed by atoms with Gasteiger partial charge in [-0.1, -0.05) is 42.5 Å². The van der Waals surface area contributed by atoms with Crippen LogP contribution < -0.4 is 5.32 Å². The lowest BCUT2D eigenvalue weighted by Crippen LogP contribution is -2.25. The number of rotatable bonds is 3. The molecule has 16 heavy (non-hydrogen) atoms. The summed E-state index contributed by atoms with van der Waals surface area (Å²) >= 11 is 0. The van der Waals surface area contributed by atoms with Crippen molar-refractivity contribution in [1.29, 1.82) is 0 Å². The molecule has 0 radical (unpaired) electrons. The molecule has 3 nitrogen and oxygen atoms in total. The van der Waals surface area contributed by atoms with E-state index in [1.165, 1.54) is 0 Å². The van der Waals surface area contributed by atoms with Crippen LogP contribution in [0.4, 0.5) is 0 Å². The third kappa shape index (κ3) is 2.31. The van der Waals surface area contributed by atoms with Crippen LogP contribution in [0.5, 0.6) is 0 Å². The molecule has 1 aliphatic rings. The quantitative estimate of drug-likeness (QED) is 0.623. The predicted octanol–water partition coefficient (Wildman–Crippen LogP) is 2.17. The maximum absolute atomic E-state index is 11.7. The normalized spacial score (nSPS) is 24.2. The highest BCUT2D eigenvalue weighted by Gasteiger charge is 2.34. The first-order valence-electron chi connectivity index (χ1n) is 5.32. The number of hydrogen-bond donors (Lipinski definition) is 1. The zero-order chi connectivity index (χ0) is 11.5. The lowest BCUT2D eigenvalue weighted by atomic mass is 10.1. The van der Waals surface area contributed by atoms with Gasteiger partial charge in [-0.05, 0) is 12.5 Å². The third-order valence-electron chi connectivity index (χ3n) is 2.51. The Morgan fingerprint density at radius 3 is 2.75 bits per heavy atom. The summed E-state index contributed by atoms with van der Waals surface area (Å²) in [4.78, 5) is 11.7. The number of esters is 1. The topological polar surface area (TPSA) is 38.3 Å². The average molecular weight is 217 g/mol. The molecule has 2 rings (SSSR count). The lowest BCUT2D eigenvalue weighted by Gasteiger charge is -2.09. The van der Waals surface area contributed by atoms with E-state index in [1.807, 2.05) is 37.3 Å². The van der Waals surface area contributed by atoms with Crippen LogP contribution >= 0.6 is 0 Å². The maximum Gasteiger partial charge on any atom is 0.329 e. The predicted molar refractivity (Wildman–Crippen MR) is 61.6 cm³/mol. The van der Waals surface area contributed by atoms with E-state index in [1.54, 1.807) is 0 Å². The molecule has 1 heterocycles.